The molecule has 30 heavy (non-hydrogen) atoms. The number of aromatic hydroxyl groups is 1. The van der Waals surface area contributed by atoms with Gasteiger partial charge in [0.25, 0.3) is 5.09 Å². The molecule has 6 nitrogen and oxygen atoms in total. The maximum atomic E-state index is 11.0. The molecule has 1 N–H and O–H groups in total. The summed E-state index contributed by atoms with van der Waals surface area (Å²) in [6.07, 6.45) is 7.41. The maximum Gasteiger partial charge on any atom is 0.294 e. The Bertz CT molecular complexity index is 773. The van der Waals surface area contributed by atoms with Gasteiger partial charge in [0.2, 0.25) is 0 Å². The van der Waals surface area contributed by atoms with Crippen LogP contribution < -0.4 is 4.74 Å². The second kappa shape index (κ2) is 8.64. The molecule has 1 saturated carbocycles. The topological polar surface area (TPSA) is 81.8 Å². The fourth-order valence-corrected chi connectivity index (χ4v) is 5.46. The molecule has 0 spiro atoms. The van der Waals surface area contributed by atoms with Crippen LogP contribution in [0.3, 0.4) is 0 Å². The van der Waals surface area contributed by atoms with E-state index in [2.05, 4.69) is 40.7 Å². The van der Waals surface area contributed by atoms with Gasteiger partial charge in [0.05, 0.1) is 0 Å². The van der Waals surface area contributed by atoms with Gasteiger partial charge >= 0.3 is 0 Å². The molecular weight excluding hydrogens is 382 g/mol. The van der Waals surface area contributed by atoms with Crippen LogP contribution in [0.1, 0.15) is 103 Å². The van der Waals surface area contributed by atoms with Gasteiger partial charge in [-0.05, 0) is 68.6 Å². The van der Waals surface area contributed by atoms with Crippen molar-refractivity contribution in [2.45, 2.75) is 109 Å². The zero-order valence-corrected chi connectivity index (χ0v) is 19.1. The predicted molar refractivity (Wildman–Crippen MR) is 117 cm³/mol. The first-order chi connectivity index (χ1) is 14.0. The summed E-state index contributed by atoms with van der Waals surface area (Å²) < 4.78 is 6.43. The van der Waals surface area contributed by atoms with E-state index in [1.807, 2.05) is 6.07 Å². The minimum atomic E-state index is -0.694. The van der Waals surface area contributed by atoms with Crippen molar-refractivity contribution in [3.8, 4) is 11.5 Å². The van der Waals surface area contributed by atoms with E-state index in [9.17, 15) is 15.2 Å². The molecule has 0 unspecified atom stereocenters. The van der Waals surface area contributed by atoms with Crippen molar-refractivity contribution in [2.24, 2.45) is 5.92 Å². The van der Waals surface area contributed by atoms with Gasteiger partial charge in [0, 0.05) is 11.5 Å². The zero-order chi connectivity index (χ0) is 22.1. The van der Waals surface area contributed by atoms with Crippen LogP contribution in [0.15, 0.2) is 12.1 Å². The number of benzene rings is 1. The molecule has 3 rings (SSSR count). The summed E-state index contributed by atoms with van der Waals surface area (Å²) in [7, 11) is 0. The number of rotatable bonds is 8. The summed E-state index contributed by atoms with van der Waals surface area (Å²) in [4.78, 5) is 15.8. The first kappa shape index (κ1) is 22.7. The molecule has 0 saturated heterocycles. The van der Waals surface area contributed by atoms with E-state index < -0.39 is 16.8 Å². The van der Waals surface area contributed by atoms with Crippen molar-refractivity contribution in [3.63, 3.8) is 0 Å². The summed E-state index contributed by atoms with van der Waals surface area (Å²) >= 11 is 0. The summed E-state index contributed by atoms with van der Waals surface area (Å²) in [6.45, 7) is 10.8. The molecule has 1 aliphatic carbocycles. The van der Waals surface area contributed by atoms with Crippen molar-refractivity contribution in [3.05, 3.63) is 33.4 Å². The maximum absolute atomic E-state index is 11.0. The van der Waals surface area contributed by atoms with Gasteiger partial charge in [-0.15, -0.1) is 10.1 Å². The van der Waals surface area contributed by atoms with E-state index in [0.29, 0.717) is 12.8 Å². The van der Waals surface area contributed by atoms with E-state index in [1.165, 1.54) is 19.3 Å². The zero-order valence-electron chi connectivity index (χ0n) is 19.1. The highest BCUT2D eigenvalue weighted by atomic mass is 17.0. The van der Waals surface area contributed by atoms with E-state index in [0.717, 1.165) is 36.1 Å². The smallest absolute Gasteiger partial charge is 0.294 e. The van der Waals surface area contributed by atoms with E-state index in [-0.39, 0.29) is 23.0 Å². The predicted octanol–water partition coefficient (Wildman–Crippen LogP) is 6.27. The molecule has 3 atom stereocenters. The fourth-order valence-electron chi connectivity index (χ4n) is 5.46. The quantitative estimate of drug-likeness (QED) is 0.305. The van der Waals surface area contributed by atoms with Gasteiger partial charge in [-0.3, -0.25) is 0 Å². The van der Waals surface area contributed by atoms with Crippen LogP contribution in [0.5, 0.6) is 11.5 Å². The summed E-state index contributed by atoms with van der Waals surface area (Å²) in [5, 5.41) is 21.2. The van der Waals surface area contributed by atoms with Crippen molar-refractivity contribution in [2.75, 3.05) is 0 Å². The largest absolute Gasteiger partial charge is 0.508 e. The first-order valence-corrected chi connectivity index (χ1v) is 11.4. The van der Waals surface area contributed by atoms with Crippen molar-refractivity contribution in [1.82, 2.24) is 0 Å². The Hall–Kier alpha value is -1.98. The number of hydrogen-bond acceptors (Lipinski definition) is 5. The number of phenolic OH excluding ortho intramolecular Hbond substituents is 1. The molecule has 0 bridgehead atoms. The number of nitrogens with zero attached hydrogens (tertiary/aromatic N) is 1. The molecule has 0 radical (unpaired) electrons. The van der Waals surface area contributed by atoms with E-state index in [1.54, 1.807) is 0 Å². The number of ether oxygens (including phenoxy) is 1. The average Bonchev–Trinajstić information content (AvgIpc) is 2.63. The van der Waals surface area contributed by atoms with Crippen LogP contribution in [-0.2, 0) is 10.3 Å². The third kappa shape index (κ3) is 4.68. The Kier molecular flexibility index (Phi) is 6.54. The SMILES string of the molecule is CCCCCCC(C)(C)c1cc(O)c2c(c1)OC(C)(C)[C@@H]1CC[C@@H](O[N+](=O)[O-])C[C@@H]21. The molecule has 2 aliphatic rings. The van der Waals surface area contributed by atoms with Crippen LogP contribution in [0.4, 0.5) is 0 Å². The highest BCUT2D eigenvalue weighted by Crippen LogP contribution is 2.55. The molecule has 1 fully saturated rings. The van der Waals surface area contributed by atoms with Crippen molar-refractivity contribution >= 4 is 0 Å². The van der Waals surface area contributed by atoms with Crippen molar-refractivity contribution in [1.29, 1.82) is 0 Å². The number of unbranched alkanes of at least 4 members (excludes halogenated alkanes) is 3. The standard InChI is InChI=1S/C24H37NO5/c1-6-7-8-9-12-23(2,3)16-13-20(26)22-18-15-17(30-25(27)28)10-11-19(18)24(4,5)29-21(22)14-16/h13-14,17-19,26H,6-12,15H2,1-5H3/t17-,18-,19-/m1/s1. The summed E-state index contributed by atoms with van der Waals surface area (Å²) in [5.74, 6) is 1.15. The highest BCUT2D eigenvalue weighted by molar-refractivity contribution is 5.53. The van der Waals surface area contributed by atoms with Gasteiger partial charge in [-0.2, -0.15) is 0 Å². The number of phenols is 1. The van der Waals surface area contributed by atoms with Crippen LogP contribution in [-0.4, -0.2) is 21.9 Å². The Morgan fingerprint density at radius 2 is 2.00 bits per heavy atom. The number of fused-ring (bicyclic) bond motifs is 3. The van der Waals surface area contributed by atoms with Gasteiger partial charge in [0.15, 0.2) is 0 Å². The third-order valence-electron chi connectivity index (χ3n) is 7.23. The summed E-state index contributed by atoms with van der Waals surface area (Å²) in [6, 6.07) is 3.97. The van der Waals surface area contributed by atoms with E-state index >= 15 is 0 Å². The van der Waals surface area contributed by atoms with E-state index in [4.69, 9.17) is 9.57 Å². The van der Waals surface area contributed by atoms with Crippen LogP contribution in [0, 0.1) is 16.0 Å². The van der Waals surface area contributed by atoms with Crippen molar-refractivity contribution < 1.29 is 19.8 Å². The molecule has 6 heteroatoms. The Morgan fingerprint density at radius 3 is 2.67 bits per heavy atom. The van der Waals surface area contributed by atoms with Gasteiger partial charge < -0.3 is 14.7 Å². The lowest BCUT2D eigenvalue weighted by molar-refractivity contribution is -0.769. The monoisotopic (exact) mass is 419 g/mol. The molecule has 1 aromatic carbocycles. The minimum absolute atomic E-state index is 0.0100. The first-order valence-electron chi connectivity index (χ1n) is 11.4. The van der Waals surface area contributed by atoms with Gasteiger partial charge in [-0.1, -0.05) is 46.5 Å². The normalized spacial score (nSPS) is 25.0. The fraction of sp³-hybridized carbons (Fsp3) is 0.750. The molecule has 0 amide bonds. The Balaban J connectivity index is 1.90. The van der Waals surface area contributed by atoms with Crippen LogP contribution in [0.25, 0.3) is 0 Å². The molecule has 0 aromatic heterocycles. The lowest BCUT2D eigenvalue weighted by atomic mass is 9.65. The minimum Gasteiger partial charge on any atom is -0.508 e. The third-order valence-corrected chi connectivity index (χ3v) is 7.23. The second-order valence-electron chi connectivity index (χ2n) is 10.3. The summed E-state index contributed by atoms with van der Waals surface area (Å²) in [5.41, 5.74) is 1.42. The molecular formula is C24H37NO5. The van der Waals surface area contributed by atoms with Crippen LogP contribution >= 0.6 is 0 Å². The number of hydrogen-bond donors (Lipinski definition) is 1. The molecule has 168 valence electrons. The highest BCUT2D eigenvalue weighted by Gasteiger charge is 2.48. The molecule has 1 heterocycles. The van der Waals surface area contributed by atoms with Gasteiger partial charge in [0.1, 0.15) is 23.2 Å². The Labute approximate surface area is 180 Å². The van der Waals surface area contributed by atoms with Crippen LogP contribution in [0.2, 0.25) is 0 Å². The second-order valence-corrected chi connectivity index (χ2v) is 10.3. The van der Waals surface area contributed by atoms with Gasteiger partial charge in [-0.25, -0.2) is 0 Å². The lowest BCUT2D eigenvalue weighted by Crippen LogP contribution is -2.48. The Morgan fingerprint density at radius 1 is 1.27 bits per heavy atom. The average molecular weight is 420 g/mol. The lowest BCUT2D eigenvalue weighted by Gasteiger charge is -2.49. The molecule has 1 aromatic rings. The molecule has 1 aliphatic heterocycles.